The number of rotatable bonds is 6. The molecule has 162 valence electrons. The molecule has 10 nitrogen and oxygen atoms in total. The number of thiazole rings is 1. The number of ether oxygens (including phenoxy) is 1. The second-order valence-corrected chi connectivity index (χ2v) is 7.96. The van der Waals surface area contributed by atoms with Gasteiger partial charge in [0.15, 0.2) is 0 Å². The van der Waals surface area contributed by atoms with Crippen molar-refractivity contribution in [2.75, 3.05) is 7.11 Å². The number of carbonyl (C=O) groups excluding carboxylic acids is 2. The molecule has 0 atom stereocenters. The number of tetrazole rings is 1. The number of carboxylic acids is 2. The first-order valence-electron chi connectivity index (χ1n) is 9.34. The molecular weight excluding hydrogens is 434 g/mol. The fourth-order valence-corrected chi connectivity index (χ4v) is 3.81. The summed E-state index contributed by atoms with van der Waals surface area (Å²) in [6.07, 6.45) is 0. The normalized spacial score (nSPS) is 10.8. The third kappa shape index (κ3) is 3.81. The number of carbonyl (C=O) groups is 2. The summed E-state index contributed by atoms with van der Waals surface area (Å²) in [7, 11) is 1.55. The molecule has 0 aliphatic rings. The molecule has 2 aromatic heterocycles. The summed E-state index contributed by atoms with van der Waals surface area (Å²) < 4.78 is 5.17. The van der Waals surface area contributed by atoms with Crippen molar-refractivity contribution in [3.63, 3.8) is 0 Å². The van der Waals surface area contributed by atoms with Crippen molar-refractivity contribution < 1.29 is 29.3 Å². The van der Waals surface area contributed by atoms with Crippen LogP contribution >= 0.6 is 11.3 Å². The van der Waals surface area contributed by atoms with Crippen LogP contribution in [0.1, 0.15) is 31.3 Å². The summed E-state index contributed by atoms with van der Waals surface area (Å²) in [5.74, 6) is -2.04. The van der Waals surface area contributed by atoms with E-state index in [-0.39, 0.29) is 22.6 Å². The SMILES string of the molecule is COc1ccc(-c2nn(-c3cc(C(=O)[O-])ccc3C(=O)[O-])[n+](-c3nc(C)c(C)s3)n2)cc1. The van der Waals surface area contributed by atoms with E-state index in [0.29, 0.717) is 16.4 Å². The van der Waals surface area contributed by atoms with E-state index in [9.17, 15) is 19.8 Å². The molecule has 0 amide bonds. The minimum Gasteiger partial charge on any atom is -0.545 e. The molecule has 0 radical (unpaired) electrons. The zero-order chi connectivity index (χ0) is 23.0. The highest BCUT2D eigenvalue weighted by molar-refractivity contribution is 7.13. The smallest absolute Gasteiger partial charge is 0.364 e. The molecule has 0 fully saturated rings. The highest BCUT2D eigenvalue weighted by Crippen LogP contribution is 2.22. The van der Waals surface area contributed by atoms with Crippen molar-refractivity contribution in [3.8, 4) is 28.0 Å². The van der Waals surface area contributed by atoms with Crippen molar-refractivity contribution in [1.29, 1.82) is 0 Å². The molecular formula is C21H16N5O5S-. The average Bonchev–Trinajstić information content (AvgIpc) is 3.36. The quantitative estimate of drug-likeness (QED) is 0.375. The van der Waals surface area contributed by atoms with E-state index < -0.39 is 11.9 Å². The van der Waals surface area contributed by atoms with Crippen LogP contribution in [0.4, 0.5) is 0 Å². The summed E-state index contributed by atoms with van der Waals surface area (Å²) >= 11 is 1.33. The lowest BCUT2D eigenvalue weighted by atomic mass is 10.1. The molecule has 4 rings (SSSR count). The molecule has 0 spiro atoms. The van der Waals surface area contributed by atoms with E-state index in [0.717, 1.165) is 28.8 Å². The van der Waals surface area contributed by atoms with E-state index in [1.54, 1.807) is 31.4 Å². The van der Waals surface area contributed by atoms with Gasteiger partial charge in [0.1, 0.15) is 17.1 Å². The summed E-state index contributed by atoms with van der Waals surface area (Å²) in [6, 6.07) is 10.4. The first kappa shape index (κ1) is 21.1. The van der Waals surface area contributed by atoms with Gasteiger partial charge >= 0.3 is 5.13 Å². The number of hydrogen-bond acceptors (Lipinski definition) is 9. The predicted molar refractivity (Wildman–Crippen MR) is 109 cm³/mol. The predicted octanol–water partition coefficient (Wildman–Crippen LogP) is 0.0199. The van der Waals surface area contributed by atoms with Gasteiger partial charge in [0.25, 0.3) is 5.82 Å². The standard InChI is InChI=1S/C21H17N5O5S/c1-11-12(2)32-21(22-11)26-24-18(13-4-7-15(31-3)8-5-13)23-25(26)17-10-14(19(27)28)6-9-16(17)20(29)30/h4-10H,1-3H3,(H-,27,28,29,30)/p-1. The van der Waals surface area contributed by atoms with Gasteiger partial charge < -0.3 is 24.5 Å². The lowest BCUT2D eigenvalue weighted by molar-refractivity contribution is -0.734. The fourth-order valence-electron chi connectivity index (χ4n) is 2.96. The second kappa shape index (κ2) is 8.19. The van der Waals surface area contributed by atoms with E-state index >= 15 is 0 Å². The Morgan fingerprint density at radius 3 is 2.34 bits per heavy atom. The average molecular weight is 450 g/mol. The van der Waals surface area contributed by atoms with Crippen molar-refractivity contribution in [2.45, 2.75) is 13.8 Å². The molecule has 0 aliphatic heterocycles. The largest absolute Gasteiger partial charge is 0.545 e. The Labute approximate surface area is 186 Å². The summed E-state index contributed by atoms with van der Waals surface area (Å²) in [6.45, 7) is 3.73. The molecule has 0 aliphatic carbocycles. The Balaban J connectivity index is 1.98. The number of methoxy groups -OCH3 is 1. The van der Waals surface area contributed by atoms with Crippen LogP contribution in [-0.2, 0) is 0 Å². The van der Waals surface area contributed by atoms with E-state index in [1.807, 2.05) is 13.8 Å². The third-order valence-electron chi connectivity index (χ3n) is 4.76. The first-order chi connectivity index (χ1) is 15.3. The lowest BCUT2D eigenvalue weighted by Crippen LogP contribution is -2.44. The number of aryl methyl sites for hydroxylation is 2. The molecule has 11 heteroatoms. The highest BCUT2D eigenvalue weighted by Gasteiger charge is 2.26. The number of benzene rings is 2. The first-order valence-corrected chi connectivity index (χ1v) is 10.2. The molecule has 32 heavy (non-hydrogen) atoms. The van der Waals surface area contributed by atoms with E-state index in [4.69, 9.17) is 4.74 Å². The van der Waals surface area contributed by atoms with Gasteiger partial charge in [0, 0.05) is 21.1 Å². The molecule has 0 saturated carbocycles. The van der Waals surface area contributed by atoms with Crippen LogP contribution in [0.15, 0.2) is 42.5 Å². The molecule has 2 heterocycles. The Hall–Kier alpha value is -4.12. The Morgan fingerprint density at radius 2 is 1.78 bits per heavy atom. The van der Waals surface area contributed by atoms with E-state index in [1.165, 1.54) is 20.9 Å². The number of aromatic carboxylic acids is 2. The molecule has 0 bridgehead atoms. The third-order valence-corrected chi connectivity index (χ3v) is 5.80. The maximum Gasteiger partial charge on any atom is 0.364 e. The molecule has 0 saturated heterocycles. The highest BCUT2D eigenvalue weighted by atomic mass is 32.1. The van der Waals surface area contributed by atoms with Crippen molar-refractivity contribution >= 4 is 23.3 Å². The van der Waals surface area contributed by atoms with Crippen LogP contribution < -0.4 is 19.7 Å². The maximum atomic E-state index is 11.8. The van der Waals surface area contributed by atoms with Gasteiger partial charge in [-0.3, -0.25) is 0 Å². The van der Waals surface area contributed by atoms with Crippen molar-refractivity contribution in [2.24, 2.45) is 0 Å². The minimum absolute atomic E-state index is 0.0514. The summed E-state index contributed by atoms with van der Waals surface area (Å²) in [5, 5.41) is 32.6. The van der Waals surface area contributed by atoms with Crippen LogP contribution in [-0.4, -0.2) is 39.0 Å². The summed E-state index contributed by atoms with van der Waals surface area (Å²) in [4.78, 5) is 31.1. The fraction of sp³-hybridized carbons (Fsp3) is 0.143. The van der Waals surface area contributed by atoms with Gasteiger partial charge in [0.2, 0.25) is 0 Å². The molecule has 0 unspecified atom stereocenters. The van der Waals surface area contributed by atoms with E-state index in [2.05, 4.69) is 15.2 Å². The van der Waals surface area contributed by atoms with Crippen molar-refractivity contribution in [1.82, 2.24) is 20.0 Å². The Morgan fingerprint density at radius 1 is 1.06 bits per heavy atom. The van der Waals surface area contributed by atoms with Gasteiger partial charge in [-0.2, -0.15) is 0 Å². The van der Waals surface area contributed by atoms with Crippen LogP contribution in [0.5, 0.6) is 5.75 Å². The van der Waals surface area contributed by atoms with Crippen molar-refractivity contribution in [3.05, 3.63) is 64.2 Å². The Bertz CT molecular complexity index is 1320. The van der Waals surface area contributed by atoms with Gasteiger partial charge in [-0.05, 0) is 64.4 Å². The van der Waals surface area contributed by atoms with Gasteiger partial charge in [0.05, 0.1) is 19.0 Å². The number of carboxylic acid groups (broad SMARTS) is 2. The van der Waals surface area contributed by atoms with Crippen LogP contribution in [0.25, 0.3) is 22.2 Å². The lowest BCUT2D eigenvalue weighted by Gasteiger charge is -2.11. The van der Waals surface area contributed by atoms with Crippen LogP contribution in [0, 0.1) is 13.8 Å². The van der Waals surface area contributed by atoms with Gasteiger partial charge in [-0.25, -0.2) is 0 Å². The zero-order valence-corrected chi connectivity index (χ0v) is 18.0. The monoisotopic (exact) mass is 450 g/mol. The Kier molecular flexibility index (Phi) is 5.41. The zero-order valence-electron chi connectivity index (χ0n) is 17.2. The topological polar surface area (TPSA) is 137 Å². The molecule has 4 aromatic rings. The van der Waals surface area contributed by atoms with Gasteiger partial charge in [-0.1, -0.05) is 28.5 Å². The number of hydrogen-bond donors (Lipinski definition) is 0. The number of nitrogens with zero attached hydrogens (tertiary/aromatic N) is 5. The van der Waals surface area contributed by atoms with Crippen LogP contribution in [0.3, 0.4) is 0 Å². The second-order valence-electron chi connectivity index (χ2n) is 6.78. The van der Waals surface area contributed by atoms with Gasteiger partial charge in [-0.15, -0.1) is 0 Å². The summed E-state index contributed by atoms with van der Waals surface area (Å²) in [5.41, 5.74) is 0.880. The number of aromatic nitrogens is 5. The van der Waals surface area contributed by atoms with Crippen LogP contribution in [0.2, 0.25) is 0 Å². The maximum absolute atomic E-state index is 11.8. The molecule has 2 aromatic carbocycles. The molecule has 0 N–H and O–H groups in total. The minimum atomic E-state index is -1.50.